The number of ether oxygens (including phenoxy) is 1. The minimum atomic E-state index is 0.112. The monoisotopic (exact) mass is 348 g/mol. The summed E-state index contributed by atoms with van der Waals surface area (Å²) in [6.45, 7) is 6.29. The molecule has 0 aliphatic rings. The molecule has 2 rings (SSSR count). The second kappa shape index (κ2) is 7.05. The molecule has 1 aromatic carbocycles. The first-order chi connectivity index (χ1) is 9.95. The van der Waals surface area contributed by atoms with Crippen molar-refractivity contribution in [3.8, 4) is 11.5 Å². The van der Waals surface area contributed by atoms with Gasteiger partial charge in [0.2, 0.25) is 0 Å². The third kappa shape index (κ3) is 4.55. The Labute approximate surface area is 134 Å². The molecule has 3 nitrogen and oxygen atoms in total. The fraction of sp³-hybridized carbons (Fsp3) is 0.353. The number of pyridine rings is 1. The van der Waals surface area contributed by atoms with Gasteiger partial charge in [0.25, 0.3) is 0 Å². The van der Waals surface area contributed by atoms with Gasteiger partial charge in [0.1, 0.15) is 11.5 Å². The lowest BCUT2D eigenvalue weighted by Crippen LogP contribution is -2.17. The van der Waals surface area contributed by atoms with E-state index >= 15 is 0 Å². The molecule has 1 aromatic heterocycles. The largest absolute Gasteiger partial charge is 0.455 e. The van der Waals surface area contributed by atoms with Crippen LogP contribution in [0.15, 0.2) is 41.1 Å². The van der Waals surface area contributed by atoms with E-state index in [1.54, 1.807) is 6.20 Å². The predicted molar refractivity (Wildman–Crippen MR) is 89.9 cm³/mol. The highest BCUT2D eigenvalue weighted by atomic mass is 79.9. The van der Waals surface area contributed by atoms with Crippen molar-refractivity contribution in [1.82, 2.24) is 4.98 Å². The van der Waals surface area contributed by atoms with Crippen LogP contribution < -0.4 is 10.5 Å². The zero-order valence-electron chi connectivity index (χ0n) is 12.6. The Morgan fingerprint density at radius 2 is 1.95 bits per heavy atom. The highest BCUT2D eigenvalue weighted by Gasteiger charge is 2.10. The fourth-order valence-corrected chi connectivity index (χ4v) is 2.57. The average molecular weight is 349 g/mol. The minimum absolute atomic E-state index is 0.112. The summed E-state index contributed by atoms with van der Waals surface area (Å²) in [6.07, 6.45) is 4.36. The van der Waals surface area contributed by atoms with Gasteiger partial charge in [0.15, 0.2) is 0 Å². The molecule has 0 spiro atoms. The van der Waals surface area contributed by atoms with E-state index in [2.05, 4.69) is 40.8 Å². The standard InChI is InChI=1S/C17H21BrN2O/c1-11(2)16-8-14(18)4-5-17(16)21-15-7-13(6-12(3)19)9-20-10-15/h4-5,7-12H,6,19H2,1-3H3. The van der Waals surface area contributed by atoms with Gasteiger partial charge in [0, 0.05) is 16.7 Å². The molecule has 0 aliphatic carbocycles. The topological polar surface area (TPSA) is 48.1 Å². The first-order valence-corrected chi connectivity index (χ1v) is 7.92. The van der Waals surface area contributed by atoms with Crippen molar-refractivity contribution in [2.45, 2.75) is 39.2 Å². The summed E-state index contributed by atoms with van der Waals surface area (Å²) in [5.74, 6) is 2.00. The van der Waals surface area contributed by atoms with Gasteiger partial charge < -0.3 is 10.5 Å². The predicted octanol–water partition coefficient (Wildman–Crippen LogP) is 4.65. The van der Waals surface area contributed by atoms with Crippen molar-refractivity contribution in [2.24, 2.45) is 5.73 Å². The molecule has 21 heavy (non-hydrogen) atoms. The highest BCUT2D eigenvalue weighted by Crippen LogP contribution is 2.32. The van der Waals surface area contributed by atoms with Gasteiger partial charge in [-0.15, -0.1) is 0 Å². The highest BCUT2D eigenvalue weighted by molar-refractivity contribution is 9.10. The summed E-state index contributed by atoms with van der Waals surface area (Å²) >= 11 is 3.51. The number of nitrogens with two attached hydrogens (primary N) is 1. The number of rotatable bonds is 5. The Morgan fingerprint density at radius 3 is 2.62 bits per heavy atom. The smallest absolute Gasteiger partial charge is 0.145 e. The molecule has 1 atom stereocenters. The van der Waals surface area contributed by atoms with E-state index in [1.165, 1.54) is 5.56 Å². The third-order valence-corrected chi connectivity index (χ3v) is 3.64. The quantitative estimate of drug-likeness (QED) is 0.855. The van der Waals surface area contributed by atoms with Gasteiger partial charge in [-0.05, 0) is 54.7 Å². The van der Waals surface area contributed by atoms with Crippen molar-refractivity contribution in [1.29, 1.82) is 0 Å². The minimum Gasteiger partial charge on any atom is -0.455 e. The van der Waals surface area contributed by atoms with Crippen LogP contribution in [0.25, 0.3) is 0 Å². The van der Waals surface area contributed by atoms with E-state index in [0.717, 1.165) is 28.0 Å². The van der Waals surface area contributed by atoms with Crippen LogP contribution >= 0.6 is 15.9 Å². The number of aromatic nitrogens is 1. The Bertz CT molecular complexity index is 611. The van der Waals surface area contributed by atoms with Crippen LogP contribution in [-0.4, -0.2) is 11.0 Å². The van der Waals surface area contributed by atoms with E-state index in [1.807, 2.05) is 31.3 Å². The van der Waals surface area contributed by atoms with Crippen LogP contribution in [0.4, 0.5) is 0 Å². The first kappa shape index (κ1) is 16.0. The molecule has 1 unspecified atom stereocenters. The van der Waals surface area contributed by atoms with Crippen molar-refractivity contribution in [3.05, 3.63) is 52.3 Å². The maximum atomic E-state index is 6.02. The second-order valence-corrected chi connectivity index (χ2v) is 6.56. The number of halogens is 1. The maximum Gasteiger partial charge on any atom is 0.145 e. The van der Waals surface area contributed by atoms with Gasteiger partial charge in [-0.25, -0.2) is 0 Å². The molecular formula is C17H21BrN2O. The lowest BCUT2D eigenvalue weighted by atomic mass is 10.0. The summed E-state index contributed by atoms with van der Waals surface area (Å²) in [5.41, 5.74) is 8.09. The molecule has 0 fully saturated rings. The zero-order valence-corrected chi connectivity index (χ0v) is 14.2. The fourth-order valence-electron chi connectivity index (χ4n) is 2.19. The van der Waals surface area contributed by atoms with Gasteiger partial charge >= 0.3 is 0 Å². The van der Waals surface area contributed by atoms with Gasteiger partial charge in [0.05, 0.1) is 6.20 Å². The average Bonchev–Trinajstić information content (AvgIpc) is 2.40. The van der Waals surface area contributed by atoms with Gasteiger partial charge in [-0.1, -0.05) is 29.8 Å². The number of hydrogen-bond acceptors (Lipinski definition) is 3. The van der Waals surface area contributed by atoms with E-state index in [4.69, 9.17) is 10.5 Å². The van der Waals surface area contributed by atoms with Crippen LogP contribution in [0.5, 0.6) is 11.5 Å². The Kier molecular flexibility index (Phi) is 5.37. The van der Waals surface area contributed by atoms with Crippen LogP contribution in [0, 0.1) is 0 Å². The van der Waals surface area contributed by atoms with E-state index < -0.39 is 0 Å². The zero-order chi connectivity index (χ0) is 15.4. The molecule has 4 heteroatoms. The molecule has 0 saturated carbocycles. The van der Waals surface area contributed by atoms with Crippen molar-refractivity contribution in [2.75, 3.05) is 0 Å². The summed E-state index contributed by atoms with van der Waals surface area (Å²) < 4.78 is 7.08. The normalized spacial score (nSPS) is 12.5. The summed E-state index contributed by atoms with van der Waals surface area (Å²) in [6, 6.07) is 8.18. The van der Waals surface area contributed by atoms with Crippen LogP contribution in [0.1, 0.15) is 37.8 Å². The summed E-state index contributed by atoms with van der Waals surface area (Å²) in [5, 5.41) is 0. The number of hydrogen-bond donors (Lipinski definition) is 1. The van der Waals surface area contributed by atoms with Gasteiger partial charge in [-0.3, -0.25) is 4.98 Å². The molecule has 2 aromatic rings. The Morgan fingerprint density at radius 1 is 1.19 bits per heavy atom. The lowest BCUT2D eigenvalue weighted by Gasteiger charge is -2.15. The molecular weight excluding hydrogens is 328 g/mol. The van der Waals surface area contributed by atoms with Crippen LogP contribution in [-0.2, 0) is 6.42 Å². The van der Waals surface area contributed by atoms with Crippen LogP contribution in [0.2, 0.25) is 0 Å². The molecule has 0 amide bonds. The first-order valence-electron chi connectivity index (χ1n) is 7.12. The summed E-state index contributed by atoms with van der Waals surface area (Å²) in [7, 11) is 0. The third-order valence-electron chi connectivity index (χ3n) is 3.15. The molecule has 0 saturated heterocycles. The summed E-state index contributed by atoms with van der Waals surface area (Å²) in [4.78, 5) is 4.24. The Balaban J connectivity index is 2.26. The van der Waals surface area contributed by atoms with E-state index in [9.17, 15) is 0 Å². The molecule has 0 radical (unpaired) electrons. The molecule has 1 heterocycles. The van der Waals surface area contributed by atoms with Crippen molar-refractivity contribution >= 4 is 15.9 Å². The van der Waals surface area contributed by atoms with Crippen LogP contribution in [0.3, 0.4) is 0 Å². The maximum absolute atomic E-state index is 6.02. The molecule has 112 valence electrons. The molecule has 0 bridgehead atoms. The number of nitrogens with zero attached hydrogens (tertiary/aromatic N) is 1. The SMILES string of the molecule is CC(N)Cc1cncc(Oc2ccc(Br)cc2C(C)C)c1. The van der Waals surface area contributed by atoms with Crippen molar-refractivity contribution in [3.63, 3.8) is 0 Å². The second-order valence-electron chi connectivity index (χ2n) is 5.65. The van der Waals surface area contributed by atoms with Gasteiger partial charge in [-0.2, -0.15) is 0 Å². The van der Waals surface area contributed by atoms with E-state index in [0.29, 0.717) is 5.92 Å². The lowest BCUT2D eigenvalue weighted by molar-refractivity contribution is 0.469. The Hall–Kier alpha value is -1.39. The van der Waals surface area contributed by atoms with E-state index in [-0.39, 0.29) is 6.04 Å². The molecule has 0 aliphatic heterocycles. The van der Waals surface area contributed by atoms with Crippen molar-refractivity contribution < 1.29 is 4.74 Å². The number of benzene rings is 1. The molecule has 2 N–H and O–H groups in total.